The molecule has 0 unspecified atom stereocenters. The van der Waals surface area contributed by atoms with E-state index in [2.05, 4.69) is 40.7 Å². The van der Waals surface area contributed by atoms with Crippen LogP contribution < -0.4 is 0 Å². The molecular formula is C20H19N3OS. The van der Waals surface area contributed by atoms with Gasteiger partial charge in [0.1, 0.15) is 0 Å². The third-order valence-corrected chi connectivity index (χ3v) is 5.00. The Balaban J connectivity index is 1.77. The molecule has 25 heavy (non-hydrogen) atoms. The van der Waals surface area contributed by atoms with Crippen LogP contribution in [0.25, 0.3) is 0 Å². The molecule has 0 amide bonds. The Kier molecular flexibility index (Phi) is 5.54. The van der Waals surface area contributed by atoms with E-state index in [-0.39, 0.29) is 6.61 Å². The lowest BCUT2D eigenvalue weighted by Gasteiger charge is -2.11. The van der Waals surface area contributed by atoms with E-state index in [0.717, 1.165) is 22.2 Å². The fourth-order valence-corrected chi connectivity index (χ4v) is 3.57. The standard InChI is InChI=1S/C20H19N3OS/c1-15-3-2-4-18(9-15)12-23-19(13-24)11-22-20(23)25-14-17-7-5-16(10-21)6-8-17/h2-9,11,24H,12-14H2,1H3. The molecule has 0 radical (unpaired) electrons. The molecule has 1 aromatic heterocycles. The maximum Gasteiger partial charge on any atom is 0.168 e. The molecule has 0 aliphatic carbocycles. The van der Waals surface area contributed by atoms with Gasteiger partial charge in [0.2, 0.25) is 0 Å². The zero-order valence-electron chi connectivity index (χ0n) is 14.0. The Hall–Kier alpha value is -2.55. The van der Waals surface area contributed by atoms with Crippen LogP contribution in [0.15, 0.2) is 59.9 Å². The SMILES string of the molecule is Cc1cccc(Cn2c(CO)cnc2SCc2ccc(C#N)cc2)c1. The van der Waals surface area contributed by atoms with E-state index in [9.17, 15) is 5.11 Å². The molecule has 3 aromatic rings. The van der Waals surface area contributed by atoms with Crippen LogP contribution in [-0.4, -0.2) is 14.7 Å². The van der Waals surface area contributed by atoms with Crippen LogP contribution in [0.1, 0.15) is 27.9 Å². The van der Waals surface area contributed by atoms with Crippen molar-refractivity contribution in [3.63, 3.8) is 0 Å². The van der Waals surface area contributed by atoms with E-state index < -0.39 is 0 Å². The van der Waals surface area contributed by atoms with Crippen LogP contribution in [0.5, 0.6) is 0 Å². The number of thioether (sulfide) groups is 1. The van der Waals surface area contributed by atoms with Crippen LogP contribution in [-0.2, 0) is 18.9 Å². The molecule has 1 N–H and O–H groups in total. The molecule has 4 nitrogen and oxygen atoms in total. The first-order valence-electron chi connectivity index (χ1n) is 8.02. The highest BCUT2D eigenvalue weighted by Gasteiger charge is 2.11. The monoisotopic (exact) mass is 349 g/mol. The van der Waals surface area contributed by atoms with Gasteiger partial charge in [0, 0.05) is 12.3 Å². The highest BCUT2D eigenvalue weighted by atomic mass is 32.2. The highest BCUT2D eigenvalue weighted by Crippen LogP contribution is 2.24. The first kappa shape index (κ1) is 17.3. The summed E-state index contributed by atoms with van der Waals surface area (Å²) in [4.78, 5) is 4.47. The first-order chi connectivity index (χ1) is 12.2. The van der Waals surface area contributed by atoms with Crippen molar-refractivity contribution in [3.8, 4) is 6.07 Å². The third-order valence-electron chi connectivity index (χ3n) is 3.94. The number of hydrogen-bond donors (Lipinski definition) is 1. The van der Waals surface area contributed by atoms with E-state index in [1.54, 1.807) is 18.0 Å². The van der Waals surface area contributed by atoms with Crippen LogP contribution in [0.3, 0.4) is 0 Å². The lowest BCUT2D eigenvalue weighted by atomic mass is 10.1. The van der Waals surface area contributed by atoms with Crippen LogP contribution >= 0.6 is 11.8 Å². The summed E-state index contributed by atoms with van der Waals surface area (Å²) < 4.78 is 2.06. The van der Waals surface area contributed by atoms with E-state index in [1.165, 1.54) is 11.1 Å². The normalized spacial score (nSPS) is 10.6. The fraction of sp³-hybridized carbons (Fsp3) is 0.200. The van der Waals surface area contributed by atoms with Gasteiger partial charge in [0.15, 0.2) is 5.16 Å². The molecule has 0 bridgehead atoms. The minimum atomic E-state index is -0.0315. The number of hydrogen-bond acceptors (Lipinski definition) is 4. The lowest BCUT2D eigenvalue weighted by Crippen LogP contribution is -2.06. The Bertz CT molecular complexity index is 894. The van der Waals surface area contributed by atoms with Gasteiger partial charge >= 0.3 is 0 Å². The van der Waals surface area contributed by atoms with Gasteiger partial charge in [-0.15, -0.1) is 0 Å². The summed E-state index contributed by atoms with van der Waals surface area (Å²) >= 11 is 1.63. The zero-order valence-corrected chi connectivity index (χ0v) is 14.8. The minimum Gasteiger partial charge on any atom is -0.390 e. The summed E-state index contributed by atoms with van der Waals surface area (Å²) in [5, 5.41) is 19.4. The molecule has 0 saturated heterocycles. The number of nitrogens with zero attached hydrogens (tertiary/aromatic N) is 3. The van der Waals surface area contributed by atoms with Gasteiger partial charge in [-0.1, -0.05) is 53.7 Å². The number of benzene rings is 2. The molecule has 126 valence electrons. The summed E-state index contributed by atoms with van der Waals surface area (Å²) in [6.07, 6.45) is 1.73. The van der Waals surface area contributed by atoms with Gasteiger partial charge in [-0.2, -0.15) is 5.26 Å². The smallest absolute Gasteiger partial charge is 0.168 e. The Morgan fingerprint density at radius 1 is 1.16 bits per heavy atom. The third kappa shape index (κ3) is 4.30. The van der Waals surface area contributed by atoms with Gasteiger partial charge in [0.25, 0.3) is 0 Å². The van der Waals surface area contributed by atoms with E-state index in [1.807, 2.05) is 30.3 Å². The lowest BCUT2D eigenvalue weighted by molar-refractivity contribution is 0.270. The summed E-state index contributed by atoms with van der Waals surface area (Å²) in [5.41, 5.74) is 5.02. The number of aromatic nitrogens is 2. The highest BCUT2D eigenvalue weighted by molar-refractivity contribution is 7.98. The summed E-state index contributed by atoms with van der Waals surface area (Å²) in [7, 11) is 0. The molecular weight excluding hydrogens is 330 g/mol. The second-order valence-corrected chi connectivity index (χ2v) is 6.81. The van der Waals surface area contributed by atoms with Crippen LogP contribution in [0, 0.1) is 18.3 Å². The van der Waals surface area contributed by atoms with Gasteiger partial charge in [-0.05, 0) is 30.2 Å². The maximum atomic E-state index is 9.61. The second-order valence-electron chi connectivity index (χ2n) is 5.86. The molecule has 0 saturated carbocycles. The zero-order chi connectivity index (χ0) is 17.6. The average Bonchev–Trinajstić information content (AvgIpc) is 3.02. The maximum absolute atomic E-state index is 9.61. The quantitative estimate of drug-likeness (QED) is 0.686. The Labute approximate surface area is 151 Å². The van der Waals surface area contributed by atoms with Crippen molar-refractivity contribution in [1.29, 1.82) is 5.26 Å². The molecule has 1 heterocycles. The largest absolute Gasteiger partial charge is 0.390 e. The number of rotatable bonds is 6. The van der Waals surface area contributed by atoms with Crippen LogP contribution in [0.4, 0.5) is 0 Å². The first-order valence-corrected chi connectivity index (χ1v) is 9.01. The van der Waals surface area contributed by atoms with Crippen molar-refractivity contribution in [2.45, 2.75) is 31.0 Å². The molecule has 0 atom stereocenters. The van der Waals surface area contributed by atoms with Gasteiger partial charge in [-0.3, -0.25) is 0 Å². The predicted molar refractivity (Wildman–Crippen MR) is 99.1 cm³/mol. The van der Waals surface area contributed by atoms with Gasteiger partial charge < -0.3 is 9.67 Å². The van der Waals surface area contributed by atoms with E-state index in [4.69, 9.17) is 5.26 Å². The van der Waals surface area contributed by atoms with Gasteiger partial charge in [0.05, 0.1) is 30.1 Å². The number of aryl methyl sites for hydroxylation is 1. The topological polar surface area (TPSA) is 61.8 Å². The number of aliphatic hydroxyl groups is 1. The van der Waals surface area contributed by atoms with Crippen molar-refractivity contribution in [3.05, 3.63) is 82.7 Å². The van der Waals surface area contributed by atoms with Crippen molar-refractivity contribution in [1.82, 2.24) is 9.55 Å². The minimum absolute atomic E-state index is 0.0315. The second kappa shape index (κ2) is 8.02. The molecule has 0 spiro atoms. The Morgan fingerprint density at radius 3 is 2.64 bits per heavy atom. The van der Waals surface area contributed by atoms with Crippen LogP contribution in [0.2, 0.25) is 0 Å². The van der Waals surface area contributed by atoms with E-state index >= 15 is 0 Å². The van der Waals surface area contributed by atoms with Crippen molar-refractivity contribution >= 4 is 11.8 Å². The van der Waals surface area contributed by atoms with Crippen molar-refractivity contribution in [2.75, 3.05) is 0 Å². The summed E-state index contributed by atoms with van der Waals surface area (Å²) in [6, 6.07) is 18.1. The summed E-state index contributed by atoms with van der Waals surface area (Å²) in [5.74, 6) is 0.765. The predicted octanol–water partition coefficient (Wildman–Crippen LogP) is 3.90. The average molecular weight is 349 g/mol. The Morgan fingerprint density at radius 2 is 1.96 bits per heavy atom. The molecule has 3 rings (SSSR count). The number of nitriles is 1. The summed E-state index contributed by atoms with van der Waals surface area (Å²) in [6.45, 7) is 2.73. The number of imidazole rings is 1. The molecule has 2 aromatic carbocycles. The molecule has 5 heteroatoms. The number of aliphatic hydroxyl groups excluding tert-OH is 1. The van der Waals surface area contributed by atoms with E-state index in [0.29, 0.717) is 12.1 Å². The molecule has 0 aliphatic rings. The fourth-order valence-electron chi connectivity index (χ4n) is 2.62. The van der Waals surface area contributed by atoms with Crippen molar-refractivity contribution < 1.29 is 5.11 Å². The van der Waals surface area contributed by atoms with Gasteiger partial charge in [-0.25, -0.2) is 4.98 Å². The molecule has 0 fully saturated rings. The molecule has 0 aliphatic heterocycles. The van der Waals surface area contributed by atoms with Crippen molar-refractivity contribution in [2.24, 2.45) is 0 Å².